The highest BCUT2D eigenvalue weighted by Crippen LogP contribution is 2.11. The first kappa shape index (κ1) is 13.9. The maximum absolute atomic E-state index is 11.5. The summed E-state index contributed by atoms with van der Waals surface area (Å²) in [6.07, 6.45) is -1.34. The van der Waals surface area contributed by atoms with E-state index in [2.05, 4.69) is 10.1 Å². The molecule has 0 aliphatic carbocycles. The van der Waals surface area contributed by atoms with E-state index in [-0.39, 0.29) is 19.0 Å². The number of hydrogen-bond donors (Lipinski definition) is 3. The minimum Gasteiger partial charge on any atom is -0.467 e. The van der Waals surface area contributed by atoms with Gasteiger partial charge in [0.25, 0.3) is 0 Å². The molecule has 0 aromatic carbocycles. The second kappa shape index (κ2) is 5.67. The third kappa shape index (κ3) is 4.26. The molecule has 0 spiro atoms. The van der Waals surface area contributed by atoms with E-state index in [1.54, 1.807) is 13.8 Å². The molecule has 15 heavy (non-hydrogen) atoms. The fourth-order valence-electron chi connectivity index (χ4n) is 0.741. The van der Waals surface area contributed by atoms with Crippen LogP contribution in [0.4, 0.5) is 0 Å². The van der Waals surface area contributed by atoms with Crippen molar-refractivity contribution in [3.8, 4) is 0 Å². The van der Waals surface area contributed by atoms with Gasteiger partial charge in [0.15, 0.2) is 6.10 Å². The smallest absolute Gasteiger partial charge is 0.336 e. The molecule has 6 heteroatoms. The summed E-state index contributed by atoms with van der Waals surface area (Å²) in [4.78, 5) is 22.3. The largest absolute Gasteiger partial charge is 0.467 e. The Hall–Kier alpha value is -1.14. The molecule has 4 N–H and O–H groups in total. The zero-order valence-corrected chi connectivity index (χ0v) is 9.24. The number of carbonyl (C=O) groups is 2. The molecule has 0 radical (unpaired) electrons. The Balaban J connectivity index is 4.07. The molecule has 0 rings (SSSR count). The SMILES string of the molecule is COC(=O)C(O)CNC(=O)C(C)(C)CN. The van der Waals surface area contributed by atoms with Crippen molar-refractivity contribution in [3.05, 3.63) is 0 Å². The van der Waals surface area contributed by atoms with Gasteiger partial charge in [0.05, 0.1) is 19.1 Å². The van der Waals surface area contributed by atoms with Gasteiger partial charge in [-0.15, -0.1) is 0 Å². The number of hydrogen-bond acceptors (Lipinski definition) is 5. The van der Waals surface area contributed by atoms with Gasteiger partial charge in [0, 0.05) is 6.54 Å². The van der Waals surface area contributed by atoms with Crippen LogP contribution in [-0.2, 0) is 14.3 Å². The third-order valence-electron chi connectivity index (χ3n) is 2.05. The molecular formula is C9H18N2O4. The van der Waals surface area contributed by atoms with Crippen LogP contribution in [0.25, 0.3) is 0 Å². The molecule has 1 unspecified atom stereocenters. The Labute approximate surface area is 88.8 Å². The van der Waals surface area contributed by atoms with Gasteiger partial charge in [-0.1, -0.05) is 0 Å². The zero-order valence-electron chi connectivity index (χ0n) is 9.24. The Morgan fingerprint density at radius 2 is 2.07 bits per heavy atom. The van der Waals surface area contributed by atoms with Crippen molar-refractivity contribution in [3.63, 3.8) is 0 Å². The highest BCUT2D eigenvalue weighted by atomic mass is 16.5. The Morgan fingerprint density at radius 3 is 2.47 bits per heavy atom. The predicted molar refractivity (Wildman–Crippen MR) is 53.9 cm³/mol. The van der Waals surface area contributed by atoms with Crippen molar-refractivity contribution in [1.82, 2.24) is 5.32 Å². The van der Waals surface area contributed by atoms with E-state index >= 15 is 0 Å². The van der Waals surface area contributed by atoms with E-state index in [0.29, 0.717) is 0 Å². The summed E-state index contributed by atoms with van der Waals surface area (Å²) < 4.78 is 4.29. The number of methoxy groups -OCH3 is 1. The number of aliphatic hydroxyl groups is 1. The molecule has 0 aliphatic heterocycles. The van der Waals surface area contributed by atoms with Gasteiger partial charge in [-0.2, -0.15) is 0 Å². The number of nitrogens with two attached hydrogens (primary N) is 1. The van der Waals surface area contributed by atoms with Gasteiger partial charge >= 0.3 is 5.97 Å². The van der Waals surface area contributed by atoms with Crippen LogP contribution in [0.15, 0.2) is 0 Å². The molecule has 6 nitrogen and oxygen atoms in total. The first-order chi connectivity index (χ1) is 6.85. The quantitative estimate of drug-likeness (QED) is 0.494. The third-order valence-corrected chi connectivity index (χ3v) is 2.05. The molecule has 1 atom stereocenters. The average Bonchev–Trinajstić information content (AvgIpc) is 2.23. The van der Waals surface area contributed by atoms with Crippen LogP contribution in [0.3, 0.4) is 0 Å². The second-order valence-electron chi connectivity index (χ2n) is 3.84. The lowest BCUT2D eigenvalue weighted by molar-refractivity contribution is -0.150. The fourth-order valence-corrected chi connectivity index (χ4v) is 0.741. The summed E-state index contributed by atoms with van der Waals surface area (Å²) in [5.74, 6) is -1.09. The van der Waals surface area contributed by atoms with E-state index < -0.39 is 17.5 Å². The minimum absolute atomic E-state index is 0.172. The number of ether oxygens (including phenoxy) is 1. The van der Waals surface area contributed by atoms with Crippen molar-refractivity contribution in [1.29, 1.82) is 0 Å². The summed E-state index contributed by atoms with van der Waals surface area (Å²) in [6.45, 7) is 3.36. The van der Waals surface area contributed by atoms with Crippen LogP contribution in [0.1, 0.15) is 13.8 Å². The van der Waals surface area contributed by atoms with E-state index in [1.165, 1.54) is 0 Å². The van der Waals surface area contributed by atoms with Crippen molar-refractivity contribution in [2.24, 2.45) is 11.1 Å². The van der Waals surface area contributed by atoms with Gasteiger partial charge in [-0.05, 0) is 13.8 Å². The van der Waals surface area contributed by atoms with Crippen LogP contribution in [0.5, 0.6) is 0 Å². The van der Waals surface area contributed by atoms with Crippen molar-refractivity contribution >= 4 is 11.9 Å². The molecule has 0 aromatic heterocycles. The Kier molecular flexibility index (Phi) is 5.24. The Bertz CT molecular complexity index is 240. The van der Waals surface area contributed by atoms with Crippen LogP contribution in [0, 0.1) is 5.41 Å². The normalized spacial score (nSPS) is 13.1. The molecule has 88 valence electrons. The molecule has 0 heterocycles. The molecule has 0 aliphatic rings. The number of nitrogens with one attached hydrogen (secondary N) is 1. The lowest BCUT2D eigenvalue weighted by Gasteiger charge is -2.21. The number of esters is 1. The van der Waals surface area contributed by atoms with Gasteiger partial charge in [0.1, 0.15) is 0 Å². The lowest BCUT2D eigenvalue weighted by Crippen LogP contribution is -2.45. The first-order valence-corrected chi connectivity index (χ1v) is 4.59. The summed E-state index contributed by atoms with van der Waals surface area (Å²) in [7, 11) is 1.16. The Morgan fingerprint density at radius 1 is 1.53 bits per heavy atom. The highest BCUT2D eigenvalue weighted by Gasteiger charge is 2.26. The van der Waals surface area contributed by atoms with Gasteiger partial charge in [0.2, 0.25) is 5.91 Å². The number of carbonyl (C=O) groups excluding carboxylic acids is 2. The van der Waals surface area contributed by atoms with Crippen LogP contribution < -0.4 is 11.1 Å². The lowest BCUT2D eigenvalue weighted by atomic mass is 9.93. The summed E-state index contributed by atoms with van der Waals surface area (Å²) in [5, 5.41) is 11.6. The summed E-state index contributed by atoms with van der Waals surface area (Å²) in [5.41, 5.74) is 4.67. The molecule has 1 amide bonds. The van der Waals surface area contributed by atoms with Gasteiger partial charge in [-0.25, -0.2) is 4.79 Å². The van der Waals surface area contributed by atoms with Gasteiger partial charge in [-0.3, -0.25) is 4.79 Å². The first-order valence-electron chi connectivity index (χ1n) is 4.59. The van der Waals surface area contributed by atoms with Crippen molar-refractivity contribution < 1.29 is 19.4 Å². The van der Waals surface area contributed by atoms with Gasteiger partial charge < -0.3 is 20.9 Å². The maximum atomic E-state index is 11.5. The summed E-state index contributed by atoms with van der Waals surface area (Å²) in [6, 6.07) is 0. The fraction of sp³-hybridized carbons (Fsp3) is 0.778. The van der Waals surface area contributed by atoms with E-state index in [0.717, 1.165) is 7.11 Å². The standard InChI is InChI=1S/C9H18N2O4/c1-9(2,5-10)8(14)11-4-6(12)7(13)15-3/h6,12H,4-5,10H2,1-3H3,(H,11,14). The topological polar surface area (TPSA) is 102 Å². The van der Waals surface area contributed by atoms with Crippen LogP contribution in [0.2, 0.25) is 0 Å². The zero-order chi connectivity index (χ0) is 12.1. The van der Waals surface area contributed by atoms with E-state index in [1.807, 2.05) is 0 Å². The maximum Gasteiger partial charge on any atom is 0.336 e. The second-order valence-corrected chi connectivity index (χ2v) is 3.84. The molecule has 0 saturated carbocycles. The molecular weight excluding hydrogens is 200 g/mol. The minimum atomic E-state index is -1.34. The monoisotopic (exact) mass is 218 g/mol. The number of amides is 1. The molecule has 0 aromatic rings. The molecule has 0 fully saturated rings. The predicted octanol–water partition coefficient (Wildman–Crippen LogP) is -1.38. The summed E-state index contributed by atoms with van der Waals surface area (Å²) >= 11 is 0. The van der Waals surface area contributed by atoms with Crippen molar-refractivity contribution in [2.75, 3.05) is 20.2 Å². The molecule has 0 bridgehead atoms. The van der Waals surface area contributed by atoms with Crippen LogP contribution >= 0.6 is 0 Å². The van der Waals surface area contributed by atoms with Crippen molar-refractivity contribution in [2.45, 2.75) is 20.0 Å². The van der Waals surface area contributed by atoms with E-state index in [9.17, 15) is 14.7 Å². The molecule has 0 saturated heterocycles. The highest BCUT2D eigenvalue weighted by molar-refractivity contribution is 5.83. The number of rotatable bonds is 5. The van der Waals surface area contributed by atoms with E-state index in [4.69, 9.17) is 5.73 Å². The van der Waals surface area contributed by atoms with Crippen LogP contribution in [-0.4, -0.2) is 43.3 Å². The number of aliphatic hydroxyl groups excluding tert-OH is 1. The average molecular weight is 218 g/mol.